The largest absolute Gasteiger partial charge is 0.378 e. The molecule has 2 rings (SSSR count). The van der Waals surface area contributed by atoms with E-state index in [1.54, 1.807) is 7.11 Å². The fraction of sp³-hybridized carbons (Fsp3) is 0.556. The van der Waals surface area contributed by atoms with Crippen LogP contribution in [0.3, 0.4) is 0 Å². The summed E-state index contributed by atoms with van der Waals surface area (Å²) >= 11 is 1.36. The van der Waals surface area contributed by atoms with E-state index in [2.05, 4.69) is 10.4 Å². The second-order valence-corrected chi connectivity index (χ2v) is 4.59. The summed E-state index contributed by atoms with van der Waals surface area (Å²) in [5.74, 6) is 5.32. The highest BCUT2D eigenvalue weighted by atomic mass is 32.1. The predicted molar refractivity (Wildman–Crippen MR) is 56.5 cm³/mol. The molecule has 0 aliphatic heterocycles. The molecule has 82 valence electrons. The van der Waals surface area contributed by atoms with E-state index < -0.39 is 0 Å². The molecule has 1 saturated carbocycles. The molecule has 1 aliphatic rings. The van der Waals surface area contributed by atoms with Crippen molar-refractivity contribution < 1.29 is 9.53 Å². The molecule has 6 heteroatoms. The molecule has 0 atom stereocenters. The van der Waals surface area contributed by atoms with Gasteiger partial charge in [0.25, 0.3) is 5.91 Å². The number of hydrogen-bond donors (Lipinski definition) is 2. The third-order valence-corrected chi connectivity index (χ3v) is 3.31. The van der Waals surface area contributed by atoms with Crippen LogP contribution < -0.4 is 11.3 Å². The zero-order valence-corrected chi connectivity index (χ0v) is 9.26. The number of nitrogens with two attached hydrogens (primary N) is 1. The van der Waals surface area contributed by atoms with Gasteiger partial charge in [-0.3, -0.25) is 10.2 Å². The molecule has 1 heterocycles. The van der Waals surface area contributed by atoms with Crippen molar-refractivity contribution in [3.05, 3.63) is 15.6 Å². The highest BCUT2D eigenvalue weighted by molar-refractivity contribution is 7.13. The van der Waals surface area contributed by atoms with Gasteiger partial charge in [-0.2, -0.15) is 0 Å². The lowest BCUT2D eigenvalue weighted by atomic mass is 10.2. The van der Waals surface area contributed by atoms with Gasteiger partial charge >= 0.3 is 0 Å². The first-order valence-corrected chi connectivity index (χ1v) is 5.57. The van der Waals surface area contributed by atoms with E-state index in [4.69, 9.17) is 10.6 Å². The molecule has 0 radical (unpaired) electrons. The van der Waals surface area contributed by atoms with Crippen LogP contribution in [-0.4, -0.2) is 18.0 Å². The molecule has 1 aromatic rings. The Morgan fingerprint density at radius 3 is 3.00 bits per heavy atom. The standard InChI is InChI=1S/C9H13N3O2S/c1-14-4-6-11-7(5-2-3-5)8(15-6)9(13)12-10/h5H,2-4,10H2,1H3,(H,12,13). The highest BCUT2D eigenvalue weighted by Gasteiger charge is 2.31. The summed E-state index contributed by atoms with van der Waals surface area (Å²) in [6.45, 7) is 0.447. The average Bonchev–Trinajstić information content (AvgIpc) is 3.00. The number of methoxy groups -OCH3 is 1. The molecule has 3 N–H and O–H groups in total. The third-order valence-electron chi connectivity index (χ3n) is 2.27. The fourth-order valence-electron chi connectivity index (χ4n) is 1.42. The monoisotopic (exact) mass is 227 g/mol. The second kappa shape index (κ2) is 4.26. The maximum atomic E-state index is 11.5. The highest BCUT2D eigenvalue weighted by Crippen LogP contribution is 2.42. The lowest BCUT2D eigenvalue weighted by Gasteiger charge is -1.97. The van der Waals surface area contributed by atoms with Crippen molar-refractivity contribution in [3.63, 3.8) is 0 Å². The molecule has 0 unspecified atom stereocenters. The number of aromatic nitrogens is 1. The Labute approximate surface area is 91.6 Å². The Morgan fingerprint density at radius 2 is 2.47 bits per heavy atom. The molecule has 1 aliphatic carbocycles. The lowest BCUT2D eigenvalue weighted by molar-refractivity contribution is 0.0956. The van der Waals surface area contributed by atoms with Gasteiger partial charge < -0.3 is 4.74 Å². The van der Waals surface area contributed by atoms with Crippen LogP contribution in [0.25, 0.3) is 0 Å². The Kier molecular flexibility index (Phi) is 2.99. The number of carbonyl (C=O) groups excluding carboxylic acids is 1. The molecule has 15 heavy (non-hydrogen) atoms. The summed E-state index contributed by atoms with van der Waals surface area (Å²) in [6, 6.07) is 0. The summed E-state index contributed by atoms with van der Waals surface area (Å²) in [4.78, 5) is 16.5. The normalized spacial score (nSPS) is 15.3. The van der Waals surface area contributed by atoms with Gasteiger partial charge in [-0.25, -0.2) is 10.8 Å². The minimum atomic E-state index is -0.253. The fourth-order valence-corrected chi connectivity index (χ4v) is 2.45. The van der Waals surface area contributed by atoms with Crippen LogP contribution in [0.15, 0.2) is 0 Å². The van der Waals surface area contributed by atoms with E-state index in [0.29, 0.717) is 17.4 Å². The van der Waals surface area contributed by atoms with Crippen LogP contribution >= 0.6 is 11.3 Å². The van der Waals surface area contributed by atoms with E-state index in [1.807, 2.05) is 0 Å². The molecule has 5 nitrogen and oxygen atoms in total. The number of hydrazine groups is 1. The number of ether oxygens (including phenoxy) is 1. The maximum Gasteiger partial charge on any atom is 0.277 e. The average molecular weight is 227 g/mol. The van der Waals surface area contributed by atoms with Gasteiger partial charge in [-0.05, 0) is 12.8 Å². The molecule has 0 saturated heterocycles. The topological polar surface area (TPSA) is 77.2 Å². The number of nitrogens with zero attached hydrogens (tertiary/aromatic N) is 1. The van der Waals surface area contributed by atoms with Crippen LogP contribution in [0.4, 0.5) is 0 Å². The quantitative estimate of drug-likeness (QED) is 0.452. The van der Waals surface area contributed by atoms with Crippen LogP contribution in [0.2, 0.25) is 0 Å². The maximum absolute atomic E-state index is 11.5. The van der Waals surface area contributed by atoms with Gasteiger partial charge in [0.1, 0.15) is 9.88 Å². The van der Waals surface area contributed by atoms with Crippen molar-refractivity contribution in [2.24, 2.45) is 5.84 Å². The number of thiazole rings is 1. The van der Waals surface area contributed by atoms with Crippen LogP contribution in [-0.2, 0) is 11.3 Å². The van der Waals surface area contributed by atoms with Crippen molar-refractivity contribution in [2.45, 2.75) is 25.4 Å². The second-order valence-electron chi connectivity index (χ2n) is 3.50. The summed E-state index contributed by atoms with van der Waals surface area (Å²) in [5, 5.41) is 0.831. The number of amides is 1. The van der Waals surface area contributed by atoms with E-state index in [1.165, 1.54) is 11.3 Å². The smallest absolute Gasteiger partial charge is 0.277 e. The zero-order chi connectivity index (χ0) is 10.8. The zero-order valence-electron chi connectivity index (χ0n) is 8.45. The Morgan fingerprint density at radius 1 is 1.73 bits per heavy atom. The number of carbonyl (C=O) groups is 1. The number of nitrogen functional groups attached to an aromatic ring is 1. The Bertz CT molecular complexity index is 373. The summed E-state index contributed by atoms with van der Waals surface area (Å²) in [6.07, 6.45) is 2.22. The summed E-state index contributed by atoms with van der Waals surface area (Å²) < 4.78 is 4.99. The van der Waals surface area contributed by atoms with Crippen molar-refractivity contribution >= 4 is 17.2 Å². The number of nitrogens with one attached hydrogen (secondary N) is 1. The summed E-state index contributed by atoms with van der Waals surface area (Å²) in [5.41, 5.74) is 3.03. The van der Waals surface area contributed by atoms with Crippen molar-refractivity contribution in [3.8, 4) is 0 Å². The van der Waals surface area contributed by atoms with Crippen LogP contribution in [0.1, 0.15) is 39.1 Å². The van der Waals surface area contributed by atoms with Gasteiger partial charge in [0.2, 0.25) is 0 Å². The predicted octanol–water partition coefficient (Wildman–Crippen LogP) is 0.770. The van der Waals surface area contributed by atoms with Gasteiger partial charge in [0, 0.05) is 13.0 Å². The van der Waals surface area contributed by atoms with Crippen molar-refractivity contribution in [1.29, 1.82) is 0 Å². The number of hydrogen-bond acceptors (Lipinski definition) is 5. The SMILES string of the molecule is COCc1nc(C2CC2)c(C(=O)NN)s1. The molecular weight excluding hydrogens is 214 g/mol. The number of rotatable bonds is 4. The van der Waals surface area contributed by atoms with Crippen LogP contribution in [0, 0.1) is 0 Å². The molecular formula is C9H13N3O2S. The first-order chi connectivity index (χ1) is 7.26. The summed E-state index contributed by atoms with van der Waals surface area (Å²) in [7, 11) is 1.61. The van der Waals surface area contributed by atoms with E-state index >= 15 is 0 Å². The first-order valence-electron chi connectivity index (χ1n) is 4.75. The molecule has 1 aromatic heterocycles. The van der Waals surface area contributed by atoms with Crippen LogP contribution in [0.5, 0.6) is 0 Å². The molecule has 1 fully saturated rings. The van der Waals surface area contributed by atoms with E-state index in [0.717, 1.165) is 23.5 Å². The molecule has 1 amide bonds. The molecule has 0 spiro atoms. The van der Waals surface area contributed by atoms with Crippen molar-refractivity contribution in [1.82, 2.24) is 10.4 Å². The Balaban J connectivity index is 2.28. The minimum Gasteiger partial charge on any atom is -0.378 e. The molecule has 0 aromatic carbocycles. The first kappa shape index (κ1) is 10.5. The van der Waals surface area contributed by atoms with E-state index in [9.17, 15) is 4.79 Å². The minimum absolute atomic E-state index is 0.253. The van der Waals surface area contributed by atoms with Gasteiger partial charge in [0.05, 0.1) is 12.3 Å². The van der Waals surface area contributed by atoms with Gasteiger partial charge in [-0.1, -0.05) is 0 Å². The lowest BCUT2D eigenvalue weighted by Crippen LogP contribution is -2.30. The third kappa shape index (κ3) is 2.17. The molecule has 0 bridgehead atoms. The van der Waals surface area contributed by atoms with Gasteiger partial charge in [0.15, 0.2) is 0 Å². The van der Waals surface area contributed by atoms with Crippen molar-refractivity contribution in [2.75, 3.05) is 7.11 Å². The Hall–Kier alpha value is -0.980. The van der Waals surface area contributed by atoms with E-state index in [-0.39, 0.29) is 5.91 Å². The van der Waals surface area contributed by atoms with Gasteiger partial charge in [-0.15, -0.1) is 11.3 Å².